The van der Waals surface area contributed by atoms with Crippen LogP contribution in [0.25, 0.3) is 0 Å². The Hall–Kier alpha value is -0.730. The molecule has 0 aromatic heterocycles. The molecule has 7 heteroatoms. The van der Waals surface area contributed by atoms with Gasteiger partial charge in [-0.1, -0.05) is 26.2 Å². The number of hydrogen-bond acceptors (Lipinski definition) is 7. The fraction of sp³-hybridized carbons (Fsp3) is 0.917. The van der Waals surface area contributed by atoms with Crippen molar-refractivity contribution in [2.45, 2.75) is 57.0 Å². The van der Waals surface area contributed by atoms with Crippen LogP contribution in [-0.2, 0) is 0 Å². The molecule has 19 heavy (non-hydrogen) atoms. The lowest BCUT2D eigenvalue weighted by molar-refractivity contribution is -0.1000. The Morgan fingerprint density at radius 2 is 1.74 bits per heavy atom. The molecule has 0 bridgehead atoms. The van der Waals surface area contributed by atoms with Crippen LogP contribution in [0.5, 0.6) is 0 Å². The van der Waals surface area contributed by atoms with Crippen molar-refractivity contribution < 1.29 is 25.5 Å². The number of rotatable bonds is 11. The first-order valence-electron chi connectivity index (χ1n) is 6.63. The molecule has 7 nitrogen and oxygen atoms in total. The molecule has 0 spiro atoms. The van der Waals surface area contributed by atoms with E-state index < -0.39 is 31.0 Å². The average Bonchev–Trinajstić information content (AvgIpc) is 2.43. The molecule has 0 rings (SSSR count). The summed E-state index contributed by atoms with van der Waals surface area (Å²) in [5, 5.41) is 49.7. The number of hydrogen-bond donors (Lipinski definition) is 6. The van der Waals surface area contributed by atoms with Crippen LogP contribution < -0.4 is 5.43 Å². The first kappa shape index (κ1) is 18.3. The van der Waals surface area contributed by atoms with Gasteiger partial charge in [0.2, 0.25) is 0 Å². The van der Waals surface area contributed by atoms with Crippen molar-refractivity contribution >= 4 is 6.21 Å². The maximum atomic E-state index is 9.48. The van der Waals surface area contributed by atoms with Crippen molar-refractivity contribution in [3.63, 3.8) is 0 Å². The third kappa shape index (κ3) is 8.12. The van der Waals surface area contributed by atoms with E-state index in [0.29, 0.717) is 6.54 Å². The molecule has 0 aromatic carbocycles. The molecule has 0 aliphatic heterocycles. The zero-order chi connectivity index (χ0) is 14.7. The highest BCUT2D eigenvalue weighted by Crippen LogP contribution is 2.03. The molecular formula is C12H26N2O5. The molecule has 0 aliphatic rings. The molecular weight excluding hydrogens is 252 g/mol. The molecule has 0 aliphatic carbocycles. The Morgan fingerprint density at radius 3 is 2.32 bits per heavy atom. The minimum absolute atomic E-state index is 0.668. The van der Waals surface area contributed by atoms with Crippen molar-refractivity contribution in [3.8, 4) is 0 Å². The number of nitrogens with one attached hydrogen (secondary N) is 1. The van der Waals surface area contributed by atoms with E-state index in [1.807, 2.05) is 0 Å². The lowest BCUT2D eigenvalue weighted by Crippen LogP contribution is -2.46. The maximum absolute atomic E-state index is 9.48. The first-order chi connectivity index (χ1) is 9.04. The van der Waals surface area contributed by atoms with Crippen LogP contribution in [-0.4, -0.2) is 69.3 Å². The smallest absolute Gasteiger partial charge is 0.119 e. The standard InChI is InChI=1S/C12H26N2O5/c1-2-3-4-5-6-13-14-7-9(16)11(18)12(19)10(17)8-15/h7,9-13,15-19H,2-6,8H2,1H3/t9-,10+,11+,12-/m0/s1. The summed E-state index contributed by atoms with van der Waals surface area (Å²) in [4.78, 5) is 0. The number of nitrogens with zero attached hydrogens (tertiary/aromatic N) is 1. The van der Waals surface area contributed by atoms with Crippen LogP contribution in [0.3, 0.4) is 0 Å². The van der Waals surface area contributed by atoms with Crippen LogP contribution in [0, 0.1) is 0 Å². The molecule has 4 atom stereocenters. The van der Waals surface area contributed by atoms with E-state index in [9.17, 15) is 15.3 Å². The van der Waals surface area contributed by atoms with Gasteiger partial charge < -0.3 is 31.0 Å². The first-order valence-corrected chi connectivity index (χ1v) is 6.63. The Balaban J connectivity index is 3.85. The summed E-state index contributed by atoms with van der Waals surface area (Å²) in [5.41, 5.74) is 2.72. The summed E-state index contributed by atoms with van der Waals surface area (Å²) in [7, 11) is 0. The quantitative estimate of drug-likeness (QED) is 0.156. The van der Waals surface area contributed by atoms with Gasteiger partial charge in [0, 0.05) is 6.54 Å². The molecule has 0 amide bonds. The maximum Gasteiger partial charge on any atom is 0.119 e. The Morgan fingerprint density at radius 1 is 1.05 bits per heavy atom. The van der Waals surface area contributed by atoms with Crippen molar-refractivity contribution in [1.82, 2.24) is 5.43 Å². The second-order valence-corrected chi connectivity index (χ2v) is 4.47. The highest BCUT2D eigenvalue weighted by Gasteiger charge is 2.28. The normalized spacial score (nSPS) is 18.2. The Bertz CT molecular complexity index is 240. The zero-order valence-electron chi connectivity index (χ0n) is 11.3. The van der Waals surface area contributed by atoms with Gasteiger partial charge in [0.15, 0.2) is 0 Å². The highest BCUT2D eigenvalue weighted by atomic mass is 16.4. The van der Waals surface area contributed by atoms with Crippen LogP contribution in [0.15, 0.2) is 5.10 Å². The molecule has 0 saturated carbocycles. The summed E-state index contributed by atoms with van der Waals surface area (Å²) < 4.78 is 0. The van der Waals surface area contributed by atoms with E-state index in [-0.39, 0.29) is 0 Å². The Kier molecular flexibility index (Phi) is 10.7. The second kappa shape index (κ2) is 11.1. The summed E-state index contributed by atoms with van der Waals surface area (Å²) in [6.45, 7) is 2.09. The van der Waals surface area contributed by atoms with Crippen molar-refractivity contribution in [1.29, 1.82) is 0 Å². The SMILES string of the molecule is CCCCCCNN=C[C@H](O)[C@@H](O)[C@@H](O)[C@H](O)CO. The van der Waals surface area contributed by atoms with E-state index in [4.69, 9.17) is 10.2 Å². The number of hydrazone groups is 1. The number of aliphatic hydroxyl groups is 5. The average molecular weight is 278 g/mol. The van der Waals surface area contributed by atoms with Crippen molar-refractivity contribution in [2.75, 3.05) is 13.2 Å². The van der Waals surface area contributed by atoms with Crippen LogP contribution >= 0.6 is 0 Å². The summed E-state index contributed by atoms with van der Waals surface area (Å²) >= 11 is 0. The van der Waals surface area contributed by atoms with Gasteiger partial charge >= 0.3 is 0 Å². The van der Waals surface area contributed by atoms with Crippen LogP contribution in [0.2, 0.25) is 0 Å². The van der Waals surface area contributed by atoms with E-state index in [0.717, 1.165) is 31.9 Å². The minimum atomic E-state index is -1.63. The third-order valence-corrected chi connectivity index (χ3v) is 2.74. The van der Waals surface area contributed by atoms with Crippen LogP contribution in [0.1, 0.15) is 32.6 Å². The van der Waals surface area contributed by atoms with Gasteiger partial charge in [-0.2, -0.15) is 5.10 Å². The van der Waals surface area contributed by atoms with E-state index in [1.54, 1.807) is 0 Å². The van der Waals surface area contributed by atoms with Gasteiger partial charge in [-0.15, -0.1) is 0 Å². The topological polar surface area (TPSA) is 126 Å². The molecule has 0 heterocycles. The molecule has 0 fully saturated rings. The minimum Gasteiger partial charge on any atom is -0.394 e. The molecule has 0 radical (unpaired) electrons. The largest absolute Gasteiger partial charge is 0.394 e. The van der Waals surface area contributed by atoms with Gasteiger partial charge in [-0.3, -0.25) is 0 Å². The fourth-order valence-corrected chi connectivity index (χ4v) is 1.45. The van der Waals surface area contributed by atoms with E-state index in [2.05, 4.69) is 17.5 Å². The molecule has 114 valence electrons. The predicted molar refractivity (Wildman–Crippen MR) is 71.7 cm³/mol. The lowest BCUT2D eigenvalue weighted by Gasteiger charge is -2.23. The van der Waals surface area contributed by atoms with Gasteiger partial charge in [0.1, 0.15) is 24.4 Å². The number of unbranched alkanes of at least 4 members (excludes halogenated alkanes) is 3. The van der Waals surface area contributed by atoms with Gasteiger partial charge in [0.05, 0.1) is 12.8 Å². The van der Waals surface area contributed by atoms with E-state index in [1.165, 1.54) is 0 Å². The van der Waals surface area contributed by atoms with Crippen molar-refractivity contribution in [2.24, 2.45) is 5.10 Å². The molecule has 0 unspecified atom stereocenters. The summed E-state index contributed by atoms with van der Waals surface area (Å²) in [6, 6.07) is 0. The fourth-order valence-electron chi connectivity index (χ4n) is 1.45. The van der Waals surface area contributed by atoms with Gasteiger partial charge in [-0.05, 0) is 6.42 Å². The monoisotopic (exact) mass is 278 g/mol. The lowest BCUT2D eigenvalue weighted by atomic mass is 10.0. The predicted octanol–water partition coefficient (Wildman–Crippen LogP) is -1.42. The molecule has 6 N–H and O–H groups in total. The van der Waals surface area contributed by atoms with Gasteiger partial charge in [-0.25, -0.2) is 0 Å². The Labute approximate surface area is 113 Å². The second-order valence-electron chi connectivity index (χ2n) is 4.47. The summed E-state index contributed by atoms with van der Waals surface area (Å²) in [5.74, 6) is 0. The number of aliphatic hydroxyl groups excluding tert-OH is 5. The molecule has 0 aromatic rings. The molecule has 0 saturated heterocycles. The van der Waals surface area contributed by atoms with Crippen LogP contribution in [0.4, 0.5) is 0 Å². The van der Waals surface area contributed by atoms with E-state index >= 15 is 0 Å². The zero-order valence-corrected chi connectivity index (χ0v) is 11.3. The van der Waals surface area contributed by atoms with Crippen molar-refractivity contribution in [3.05, 3.63) is 0 Å². The highest BCUT2D eigenvalue weighted by molar-refractivity contribution is 5.63. The van der Waals surface area contributed by atoms with Gasteiger partial charge in [0.25, 0.3) is 0 Å². The summed E-state index contributed by atoms with van der Waals surface area (Å²) in [6.07, 6.45) is -0.709. The third-order valence-electron chi connectivity index (χ3n) is 2.74.